The van der Waals surface area contributed by atoms with Crippen LogP contribution in [0.3, 0.4) is 0 Å². The summed E-state index contributed by atoms with van der Waals surface area (Å²) in [5, 5.41) is 0. The first kappa shape index (κ1) is 12.0. The molecule has 84 valence electrons. The van der Waals surface area contributed by atoms with Gasteiger partial charge in [0.2, 0.25) is 0 Å². The van der Waals surface area contributed by atoms with Crippen LogP contribution >= 0.6 is 0 Å². The van der Waals surface area contributed by atoms with Crippen molar-refractivity contribution < 1.29 is 0 Å². The number of nitrogens with zero attached hydrogens (tertiary/aromatic N) is 2. The predicted octanol–water partition coefficient (Wildman–Crippen LogP) is 0.750. The fourth-order valence-corrected chi connectivity index (χ4v) is 2.34. The van der Waals surface area contributed by atoms with E-state index in [0.29, 0.717) is 12.1 Å². The van der Waals surface area contributed by atoms with Gasteiger partial charge in [0.05, 0.1) is 0 Å². The molecule has 0 amide bonds. The third-order valence-electron chi connectivity index (χ3n) is 3.33. The zero-order chi connectivity index (χ0) is 10.6. The fourth-order valence-electron chi connectivity index (χ4n) is 2.34. The van der Waals surface area contributed by atoms with Crippen LogP contribution in [0.15, 0.2) is 0 Å². The summed E-state index contributed by atoms with van der Waals surface area (Å²) in [6, 6.07) is 1.23. The van der Waals surface area contributed by atoms with Gasteiger partial charge in [0.1, 0.15) is 0 Å². The molecule has 1 rings (SSSR count). The Bertz CT molecular complexity index is 161. The lowest BCUT2D eigenvalue weighted by atomic mass is 10.1. The molecule has 2 atom stereocenters. The minimum absolute atomic E-state index is 0.534. The van der Waals surface area contributed by atoms with Crippen molar-refractivity contribution in [1.29, 1.82) is 0 Å². The Kier molecular flexibility index (Phi) is 4.85. The molecule has 0 saturated carbocycles. The second-order valence-corrected chi connectivity index (χ2v) is 4.50. The smallest absolute Gasteiger partial charge is 0.0223 e. The second-order valence-electron chi connectivity index (χ2n) is 4.50. The van der Waals surface area contributed by atoms with E-state index in [1.165, 1.54) is 32.5 Å². The van der Waals surface area contributed by atoms with E-state index in [9.17, 15) is 0 Å². The van der Waals surface area contributed by atoms with Crippen molar-refractivity contribution in [2.75, 3.05) is 33.2 Å². The van der Waals surface area contributed by atoms with Crippen molar-refractivity contribution in [3.05, 3.63) is 0 Å². The molecule has 0 bridgehead atoms. The van der Waals surface area contributed by atoms with Gasteiger partial charge in [0, 0.05) is 31.7 Å². The summed E-state index contributed by atoms with van der Waals surface area (Å²) in [5.74, 6) is 0. The van der Waals surface area contributed by atoms with E-state index in [1.807, 2.05) is 0 Å². The van der Waals surface area contributed by atoms with E-state index in [0.717, 1.165) is 6.54 Å². The van der Waals surface area contributed by atoms with Gasteiger partial charge in [0.25, 0.3) is 0 Å². The largest absolute Gasteiger partial charge is 0.329 e. The zero-order valence-corrected chi connectivity index (χ0v) is 9.87. The minimum Gasteiger partial charge on any atom is -0.329 e. The first-order chi connectivity index (χ1) is 6.69. The summed E-state index contributed by atoms with van der Waals surface area (Å²) in [7, 11) is 2.22. The van der Waals surface area contributed by atoms with E-state index in [1.54, 1.807) is 0 Å². The SMILES string of the molecule is CCC1CN(C)CCCN1C(C)CN. The van der Waals surface area contributed by atoms with E-state index in [-0.39, 0.29) is 0 Å². The maximum Gasteiger partial charge on any atom is 0.0223 e. The molecule has 0 aliphatic carbocycles. The van der Waals surface area contributed by atoms with Crippen molar-refractivity contribution in [3.63, 3.8) is 0 Å². The Labute approximate surface area is 88.2 Å². The topological polar surface area (TPSA) is 32.5 Å². The van der Waals surface area contributed by atoms with E-state index in [2.05, 4.69) is 30.7 Å². The van der Waals surface area contributed by atoms with Crippen LogP contribution < -0.4 is 5.73 Å². The van der Waals surface area contributed by atoms with Gasteiger partial charge >= 0.3 is 0 Å². The maximum atomic E-state index is 5.75. The van der Waals surface area contributed by atoms with Crippen LogP contribution in [0.2, 0.25) is 0 Å². The lowest BCUT2D eigenvalue weighted by molar-refractivity contribution is 0.140. The minimum atomic E-state index is 0.534. The summed E-state index contributed by atoms with van der Waals surface area (Å²) < 4.78 is 0. The molecule has 1 aliphatic heterocycles. The van der Waals surface area contributed by atoms with Crippen molar-refractivity contribution in [1.82, 2.24) is 9.80 Å². The monoisotopic (exact) mass is 199 g/mol. The summed E-state index contributed by atoms with van der Waals surface area (Å²) in [6.45, 7) is 8.93. The van der Waals surface area contributed by atoms with E-state index in [4.69, 9.17) is 5.73 Å². The Morgan fingerprint density at radius 2 is 2.14 bits per heavy atom. The second kappa shape index (κ2) is 5.69. The zero-order valence-electron chi connectivity index (χ0n) is 9.87. The molecule has 14 heavy (non-hydrogen) atoms. The summed E-state index contributed by atoms with van der Waals surface area (Å²) in [6.07, 6.45) is 2.51. The molecule has 1 aliphatic rings. The summed E-state index contributed by atoms with van der Waals surface area (Å²) in [4.78, 5) is 5.03. The highest BCUT2D eigenvalue weighted by Crippen LogP contribution is 2.14. The molecule has 2 N–H and O–H groups in total. The predicted molar refractivity (Wildman–Crippen MR) is 61.4 cm³/mol. The first-order valence-electron chi connectivity index (χ1n) is 5.83. The van der Waals surface area contributed by atoms with Crippen LogP contribution in [0.4, 0.5) is 0 Å². The third kappa shape index (κ3) is 2.94. The van der Waals surface area contributed by atoms with Crippen LogP contribution in [-0.2, 0) is 0 Å². The van der Waals surface area contributed by atoms with Gasteiger partial charge in [0.15, 0.2) is 0 Å². The standard InChI is InChI=1S/C11H25N3/c1-4-11-9-13(3)6-5-7-14(11)10(2)8-12/h10-11H,4-9,12H2,1-3H3. The molecule has 1 fully saturated rings. The number of likely N-dealkylation sites (N-methyl/N-ethyl adjacent to an activating group) is 1. The number of rotatable bonds is 3. The molecule has 2 unspecified atom stereocenters. The van der Waals surface area contributed by atoms with Crippen LogP contribution in [0.25, 0.3) is 0 Å². The normalized spacial score (nSPS) is 28.7. The molecule has 1 heterocycles. The highest BCUT2D eigenvalue weighted by molar-refractivity contribution is 4.81. The van der Waals surface area contributed by atoms with Crippen LogP contribution in [0.1, 0.15) is 26.7 Å². The van der Waals surface area contributed by atoms with Crippen LogP contribution in [0.5, 0.6) is 0 Å². The highest BCUT2D eigenvalue weighted by atomic mass is 15.2. The fraction of sp³-hybridized carbons (Fsp3) is 1.00. The number of nitrogens with two attached hydrogens (primary N) is 1. The molecule has 1 saturated heterocycles. The number of hydrogen-bond acceptors (Lipinski definition) is 3. The molecule has 3 nitrogen and oxygen atoms in total. The highest BCUT2D eigenvalue weighted by Gasteiger charge is 2.24. The van der Waals surface area contributed by atoms with Gasteiger partial charge in [-0.05, 0) is 33.4 Å². The van der Waals surface area contributed by atoms with E-state index >= 15 is 0 Å². The van der Waals surface area contributed by atoms with Crippen molar-refractivity contribution >= 4 is 0 Å². The van der Waals surface area contributed by atoms with Gasteiger partial charge in [-0.1, -0.05) is 6.92 Å². The summed E-state index contributed by atoms with van der Waals surface area (Å²) in [5.41, 5.74) is 5.75. The van der Waals surface area contributed by atoms with Crippen molar-refractivity contribution in [2.45, 2.75) is 38.8 Å². The van der Waals surface area contributed by atoms with Gasteiger partial charge in [-0.15, -0.1) is 0 Å². The molecule has 0 aromatic rings. The summed E-state index contributed by atoms with van der Waals surface area (Å²) >= 11 is 0. The van der Waals surface area contributed by atoms with E-state index < -0.39 is 0 Å². The van der Waals surface area contributed by atoms with Crippen molar-refractivity contribution in [2.24, 2.45) is 5.73 Å². The van der Waals surface area contributed by atoms with Gasteiger partial charge < -0.3 is 10.6 Å². The van der Waals surface area contributed by atoms with Gasteiger partial charge in [-0.3, -0.25) is 4.90 Å². The quantitative estimate of drug-likeness (QED) is 0.728. The molecular formula is C11H25N3. The molecule has 0 radical (unpaired) electrons. The van der Waals surface area contributed by atoms with Gasteiger partial charge in [-0.2, -0.15) is 0 Å². The average Bonchev–Trinajstić information content (AvgIpc) is 2.38. The molecule has 3 heteroatoms. The molecule has 0 spiro atoms. The molecule has 0 aromatic heterocycles. The van der Waals surface area contributed by atoms with Crippen molar-refractivity contribution in [3.8, 4) is 0 Å². The maximum absolute atomic E-state index is 5.75. The third-order valence-corrected chi connectivity index (χ3v) is 3.33. The molecule has 0 aromatic carbocycles. The lowest BCUT2D eigenvalue weighted by Crippen LogP contribution is -2.47. The Hall–Kier alpha value is -0.120. The average molecular weight is 199 g/mol. The Morgan fingerprint density at radius 1 is 1.43 bits per heavy atom. The van der Waals surface area contributed by atoms with Crippen LogP contribution in [0, 0.1) is 0 Å². The van der Waals surface area contributed by atoms with Gasteiger partial charge in [-0.25, -0.2) is 0 Å². The number of hydrogen-bond donors (Lipinski definition) is 1. The Balaban J connectivity index is 2.60. The van der Waals surface area contributed by atoms with Crippen LogP contribution in [-0.4, -0.2) is 55.1 Å². The Morgan fingerprint density at radius 3 is 2.71 bits per heavy atom. The first-order valence-corrected chi connectivity index (χ1v) is 5.83. The molecular weight excluding hydrogens is 174 g/mol. The lowest BCUT2D eigenvalue weighted by Gasteiger charge is -2.34.